The lowest BCUT2D eigenvalue weighted by Crippen LogP contribution is -2.49. The van der Waals surface area contributed by atoms with Crippen LogP contribution in [0.2, 0.25) is 5.02 Å². The highest BCUT2D eigenvalue weighted by atomic mass is 35.5. The molecule has 0 saturated carbocycles. The number of nitrogens with one attached hydrogen (secondary N) is 1. The second-order valence-electron chi connectivity index (χ2n) is 6.04. The van der Waals surface area contributed by atoms with Crippen LogP contribution in [0.5, 0.6) is 0 Å². The van der Waals surface area contributed by atoms with E-state index in [4.69, 9.17) is 11.6 Å². The van der Waals surface area contributed by atoms with Crippen LogP contribution in [0.1, 0.15) is 5.56 Å². The Kier molecular flexibility index (Phi) is 5.68. The maximum atomic E-state index is 13.7. The van der Waals surface area contributed by atoms with Crippen molar-refractivity contribution in [3.05, 3.63) is 64.4 Å². The number of urea groups is 1. The number of piperazine rings is 1. The van der Waals surface area contributed by atoms with Gasteiger partial charge in [-0.05, 0) is 29.8 Å². The van der Waals surface area contributed by atoms with Crippen molar-refractivity contribution >= 4 is 23.3 Å². The fourth-order valence-corrected chi connectivity index (χ4v) is 2.90. The standard InChI is InChI=1S/C18H17ClF3N3O/c19-13-3-1-12(2-4-13)11-24-7-9-25(10-8-24)18(26)23-15-6-5-14(20)16(21)17(15)22/h1-6H,7-11H2,(H,23,26). The van der Waals surface area contributed by atoms with Gasteiger partial charge in [0.2, 0.25) is 0 Å². The van der Waals surface area contributed by atoms with Gasteiger partial charge in [-0.2, -0.15) is 0 Å². The second-order valence-corrected chi connectivity index (χ2v) is 6.48. The molecule has 1 heterocycles. The molecule has 4 nitrogen and oxygen atoms in total. The molecule has 0 bridgehead atoms. The molecule has 1 aliphatic rings. The van der Waals surface area contributed by atoms with Crippen molar-refractivity contribution in [2.75, 3.05) is 31.5 Å². The number of nitrogens with zero attached hydrogens (tertiary/aromatic N) is 2. The van der Waals surface area contributed by atoms with Gasteiger partial charge in [-0.25, -0.2) is 18.0 Å². The van der Waals surface area contributed by atoms with Crippen LogP contribution in [-0.2, 0) is 6.54 Å². The molecule has 1 fully saturated rings. The fourth-order valence-electron chi connectivity index (χ4n) is 2.77. The SMILES string of the molecule is O=C(Nc1ccc(F)c(F)c1F)N1CCN(Cc2ccc(Cl)cc2)CC1. The van der Waals surface area contributed by atoms with E-state index in [-0.39, 0.29) is 5.69 Å². The molecular formula is C18H17ClF3N3O. The molecule has 2 aromatic rings. The van der Waals surface area contributed by atoms with E-state index in [0.717, 1.165) is 24.2 Å². The Morgan fingerprint density at radius 2 is 1.62 bits per heavy atom. The Hall–Kier alpha value is -2.25. The van der Waals surface area contributed by atoms with Crippen LogP contribution >= 0.6 is 11.6 Å². The third-order valence-corrected chi connectivity index (χ3v) is 4.51. The molecule has 2 amide bonds. The minimum absolute atomic E-state index is 0.377. The van der Waals surface area contributed by atoms with Gasteiger partial charge in [-0.15, -0.1) is 0 Å². The van der Waals surface area contributed by atoms with Gasteiger partial charge in [0.05, 0.1) is 5.69 Å². The highest BCUT2D eigenvalue weighted by molar-refractivity contribution is 6.30. The van der Waals surface area contributed by atoms with Crippen LogP contribution < -0.4 is 5.32 Å². The highest BCUT2D eigenvalue weighted by Gasteiger charge is 2.23. The third-order valence-electron chi connectivity index (χ3n) is 4.26. The van der Waals surface area contributed by atoms with Crippen molar-refractivity contribution in [3.8, 4) is 0 Å². The molecule has 8 heteroatoms. The van der Waals surface area contributed by atoms with Gasteiger partial charge in [-0.3, -0.25) is 4.90 Å². The summed E-state index contributed by atoms with van der Waals surface area (Å²) in [4.78, 5) is 15.9. The zero-order chi connectivity index (χ0) is 18.7. The summed E-state index contributed by atoms with van der Waals surface area (Å²) in [6.07, 6.45) is 0. The monoisotopic (exact) mass is 383 g/mol. The van der Waals surface area contributed by atoms with E-state index >= 15 is 0 Å². The summed E-state index contributed by atoms with van der Waals surface area (Å²) in [5.74, 6) is -4.30. The number of hydrogen-bond acceptors (Lipinski definition) is 2. The van der Waals surface area contributed by atoms with Crippen molar-refractivity contribution in [2.24, 2.45) is 0 Å². The Bertz CT molecular complexity index is 793. The molecule has 3 rings (SSSR count). The zero-order valence-electron chi connectivity index (χ0n) is 13.8. The molecule has 2 aromatic carbocycles. The van der Waals surface area contributed by atoms with E-state index in [0.29, 0.717) is 31.2 Å². The van der Waals surface area contributed by atoms with Gasteiger partial charge in [0.25, 0.3) is 0 Å². The molecule has 0 aromatic heterocycles. The summed E-state index contributed by atoms with van der Waals surface area (Å²) in [7, 11) is 0. The first-order valence-corrected chi connectivity index (χ1v) is 8.48. The number of hydrogen-bond donors (Lipinski definition) is 1. The number of carbonyl (C=O) groups excluding carboxylic acids is 1. The minimum Gasteiger partial charge on any atom is -0.322 e. The Morgan fingerprint density at radius 3 is 2.27 bits per heavy atom. The molecule has 138 valence electrons. The summed E-state index contributed by atoms with van der Waals surface area (Å²) >= 11 is 5.87. The fraction of sp³-hybridized carbons (Fsp3) is 0.278. The minimum atomic E-state index is -1.60. The summed E-state index contributed by atoms with van der Waals surface area (Å²) in [6, 6.07) is 8.80. The molecule has 26 heavy (non-hydrogen) atoms. The number of halogens is 4. The molecule has 0 unspecified atom stereocenters. The van der Waals surface area contributed by atoms with Gasteiger partial charge in [0.1, 0.15) is 0 Å². The largest absolute Gasteiger partial charge is 0.322 e. The molecule has 1 aliphatic heterocycles. The lowest BCUT2D eigenvalue weighted by Gasteiger charge is -2.34. The maximum absolute atomic E-state index is 13.7. The predicted octanol–water partition coefficient (Wildman–Crippen LogP) is 4.11. The predicted molar refractivity (Wildman–Crippen MR) is 93.6 cm³/mol. The van der Waals surface area contributed by atoms with E-state index < -0.39 is 23.5 Å². The first-order valence-electron chi connectivity index (χ1n) is 8.10. The third kappa shape index (κ3) is 4.28. The lowest BCUT2D eigenvalue weighted by molar-refractivity contribution is 0.143. The van der Waals surface area contributed by atoms with Crippen molar-refractivity contribution < 1.29 is 18.0 Å². The van der Waals surface area contributed by atoms with Crippen molar-refractivity contribution in [2.45, 2.75) is 6.54 Å². The molecule has 0 radical (unpaired) electrons. The van der Waals surface area contributed by atoms with Gasteiger partial charge >= 0.3 is 6.03 Å². The van der Waals surface area contributed by atoms with Crippen LogP contribution in [-0.4, -0.2) is 42.0 Å². The van der Waals surface area contributed by atoms with E-state index in [9.17, 15) is 18.0 Å². The van der Waals surface area contributed by atoms with Crippen molar-refractivity contribution in [3.63, 3.8) is 0 Å². The zero-order valence-corrected chi connectivity index (χ0v) is 14.6. The Balaban J connectivity index is 1.53. The van der Waals surface area contributed by atoms with Crippen LogP contribution in [0.25, 0.3) is 0 Å². The Morgan fingerprint density at radius 1 is 0.962 bits per heavy atom. The molecule has 1 N–H and O–H groups in total. The van der Waals surface area contributed by atoms with Gasteiger partial charge in [-0.1, -0.05) is 23.7 Å². The van der Waals surface area contributed by atoms with Crippen LogP contribution in [0.4, 0.5) is 23.7 Å². The number of anilines is 1. The van der Waals surface area contributed by atoms with E-state index in [1.165, 1.54) is 4.90 Å². The van der Waals surface area contributed by atoms with Crippen LogP contribution in [0.15, 0.2) is 36.4 Å². The first-order chi connectivity index (χ1) is 12.4. The number of amides is 2. The maximum Gasteiger partial charge on any atom is 0.322 e. The van der Waals surface area contributed by atoms with Gasteiger partial charge < -0.3 is 10.2 Å². The summed E-state index contributed by atoms with van der Waals surface area (Å²) in [5.41, 5.74) is 0.744. The van der Waals surface area contributed by atoms with E-state index in [2.05, 4.69) is 10.2 Å². The average molecular weight is 384 g/mol. The van der Waals surface area contributed by atoms with Gasteiger partial charge in [0.15, 0.2) is 17.5 Å². The second kappa shape index (κ2) is 7.97. The van der Waals surface area contributed by atoms with E-state index in [1.54, 1.807) is 0 Å². The van der Waals surface area contributed by atoms with Crippen molar-refractivity contribution in [1.29, 1.82) is 0 Å². The molecule has 0 aliphatic carbocycles. The van der Waals surface area contributed by atoms with Crippen LogP contribution in [0.3, 0.4) is 0 Å². The number of carbonyl (C=O) groups is 1. The highest BCUT2D eigenvalue weighted by Crippen LogP contribution is 2.20. The smallest absolute Gasteiger partial charge is 0.322 e. The summed E-state index contributed by atoms with van der Waals surface area (Å²) < 4.78 is 39.8. The number of benzene rings is 2. The van der Waals surface area contributed by atoms with Crippen LogP contribution in [0, 0.1) is 17.5 Å². The van der Waals surface area contributed by atoms with E-state index in [1.807, 2.05) is 24.3 Å². The average Bonchev–Trinajstić information content (AvgIpc) is 2.64. The summed E-state index contributed by atoms with van der Waals surface area (Å²) in [6.45, 7) is 2.94. The topological polar surface area (TPSA) is 35.6 Å². The molecule has 0 atom stereocenters. The Labute approximate surface area is 154 Å². The summed E-state index contributed by atoms with van der Waals surface area (Å²) in [5, 5.41) is 2.97. The number of rotatable bonds is 3. The molecule has 1 saturated heterocycles. The normalized spacial score (nSPS) is 15.2. The lowest BCUT2D eigenvalue weighted by atomic mass is 10.2. The molecule has 0 spiro atoms. The molecular weight excluding hydrogens is 367 g/mol. The first kappa shape index (κ1) is 18.5. The van der Waals surface area contributed by atoms with Gasteiger partial charge in [0, 0.05) is 37.7 Å². The quantitative estimate of drug-likeness (QED) is 0.810. The van der Waals surface area contributed by atoms with Crippen molar-refractivity contribution in [1.82, 2.24) is 9.80 Å².